The van der Waals surface area contributed by atoms with Gasteiger partial charge in [-0.1, -0.05) is 34.1 Å². The van der Waals surface area contributed by atoms with E-state index in [0.717, 1.165) is 16.5 Å². The number of benzene rings is 1. The SMILES string of the molecule is O=C(O)C1CCCN(C(=O)/C=C/c2ccccc2Br)C1. The van der Waals surface area contributed by atoms with Gasteiger partial charge in [0.25, 0.3) is 0 Å². The lowest BCUT2D eigenvalue weighted by atomic mass is 9.98. The predicted octanol–water partition coefficient (Wildman–Crippen LogP) is 2.79. The van der Waals surface area contributed by atoms with Crippen LogP contribution in [0.25, 0.3) is 6.08 Å². The summed E-state index contributed by atoms with van der Waals surface area (Å²) in [7, 11) is 0. The molecule has 0 bridgehead atoms. The summed E-state index contributed by atoms with van der Waals surface area (Å²) in [4.78, 5) is 24.7. The minimum atomic E-state index is -0.822. The quantitative estimate of drug-likeness (QED) is 0.863. The topological polar surface area (TPSA) is 57.6 Å². The number of carbonyl (C=O) groups excluding carboxylic acids is 1. The Morgan fingerprint density at radius 1 is 1.35 bits per heavy atom. The smallest absolute Gasteiger partial charge is 0.308 e. The van der Waals surface area contributed by atoms with E-state index in [1.807, 2.05) is 24.3 Å². The van der Waals surface area contributed by atoms with E-state index >= 15 is 0 Å². The first-order valence-electron chi connectivity index (χ1n) is 6.52. The number of rotatable bonds is 3. The van der Waals surface area contributed by atoms with Gasteiger partial charge in [0, 0.05) is 23.6 Å². The summed E-state index contributed by atoms with van der Waals surface area (Å²) in [6, 6.07) is 7.62. The van der Waals surface area contributed by atoms with E-state index in [9.17, 15) is 9.59 Å². The minimum Gasteiger partial charge on any atom is -0.481 e. The molecule has 0 aromatic heterocycles. The second-order valence-corrected chi connectivity index (χ2v) is 5.67. The maximum atomic E-state index is 12.1. The van der Waals surface area contributed by atoms with Crippen LogP contribution in [0.2, 0.25) is 0 Å². The number of halogens is 1. The Morgan fingerprint density at radius 3 is 2.80 bits per heavy atom. The van der Waals surface area contributed by atoms with Crippen molar-refractivity contribution < 1.29 is 14.7 Å². The molecule has 1 fully saturated rings. The summed E-state index contributed by atoms with van der Waals surface area (Å²) in [6.07, 6.45) is 4.64. The average molecular weight is 338 g/mol. The lowest BCUT2D eigenvalue weighted by Gasteiger charge is -2.29. The van der Waals surface area contributed by atoms with Crippen LogP contribution in [0.3, 0.4) is 0 Å². The van der Waals surface area contributed by atoms with E-state index in [1.54, 1.807) is 11.0 Å². The lowest BCUT2D eigenvalue weighted by molar-refractivity contribution is -0.144. The molecule has 1 heterocycles. The Labute approximate surface area is 126 Å². The monoisotopic (exact) mass is 337 g/mol. The molecule has 0 spiro atoms. The third kappa shape index (κ3) is 3.70. The molecule has 106 valence electrons. The fourth-order valence-corrected chi connectivity index (χ4v) is 2.67. The first kappa shape index (κ1) is 14.8. The van der Waals surface area contributed by atoms with Gasteiger partial charge in [0.15, 0.2) is 0 Å². The molecule has 0 radical (unpaired) electrons. The largest absolute Gasteiger partial charge is 0.481 e. The highest BCUT2D eigenvalue weighted by molar-refractivity contribution is 9.10. The van der Waals surface area contributed by atoms with Crippen molar-refractivity contribution in [1.29, 1.82) is 0 Å². The molecule has 1 saturated heterocycles. The number of likely N-dealkylation sites (tertiary alicyclic amines) is 1. The normalized spacial score (nSPS) is 19.2. The molecule has 1 aromatic carbocycles. The molecular weight excluding hydrogens is 322 g/mol. The fraction of sp³-hybridized carbons (Fsp3) is 0.333. The highest BCUT2D eigenvalue weighted by atomic mass is 79.9. The zero-order chi connectivity index (χ0) is 14.5. The number of amides is 1. The molecule has 1 amide bonds. The summed E-state index contributed by atoms with van der Waals surface area (Å²) in [5.41, 5.74) is 0.924. The predicted molar refractivity (Wildman–Crippen MR) is 80.1 cm³/mol. The summed E-state index contributed by atoms with van der Waals surface area (Å²) in [6.45, 7) is 0.928. The third-order valence-corrected chi connectivity index (χ3v) is 4.12. The molecule has 1 N–H and O–H groups in total. The van der Waals surface area contributed by atoms with E-state index in [0.29, 0.717) is 19.5 Å². The van der Waals surface area contributed by atoms with Crippen LogP contribution in [0, 0.1) is 5.92 Å². The van der Waals surface area contributed by atoms with Crippen LogP contribution in [0.1, 0.15) is 18.4 Å². The van der Waals surface area contributed by atoms with Crippen molar-refractivity contribution in [3.05, 3.63) is 40.4 Å². The minimum absolute atomic E-state index is 0.133. The number of carbonyl (C=O) groups is 2. The van der Waals surface area contributed by atoms with E-state index < -0.39 is 11.9 Å². The summed E-state index contributed by atoms with van der Waals surface area (Å²) in [5.74, 6) is -1.39. The van der Waals surface area contributed by atoms with Gasteiger partial charge in [0.1, 0.15) is 0 Å². The van der Waals surface area contributed by atoms with E-state index in [2.05, 4.69) is 15.9 Å². The van der Waals surface area contributed by atoms with Gasteiger partial charge in [-0.15, -0.1) is 0 Å². The van der Waals surface area contributed by atoms with Crippen LogP contribution in [-0.2, 0) is 9.59 Å². The molecule has 1 unspecified atom stereocenters. The summed E-state index contributed by atoms with van der Waals surface area (Å²) >= 11 is 3.42. The molecule has 20 heavy (non-hydrogen) atoms. The van der Waals surface area contributed by atoms with Crippen LogP contribution in [0.5, 0.6) is 0 Å². The molecule has 1 aliphatic rings. The number of hydrogen-bond acceptors (Lipinski definition) is 2. The van der Waals surface area contributed by atoms with E-state index in [-0.39, 0.29) is 5.91 Å². The van der Waals surface area contributed by atoms with Crippen molar-refractivity contribution in [3.63, 3.8) is 0 Å². The van der Waals surface area contributed by atoms with Crippen LogP contribution in [-0.4, -0.2) is 35.0 Å². The number of aliphatic carboxylic acids is 1. The van der Waals surface area contributed by atoms with Gasteiger partial charge < -0.3 is 10.0 Å². The molecule has 4 nitrogen and oxygen atoms in total. The van der Waals surface area contributed by atoms with Crippen molar-refractivity contribution in [3.8, 4) is 0 Å². The maximum Gasteiger partial charge on any atom is 0.308 e. The Bertz CT molecular complexity index is 542. The first-order valence-corrected chi connectivity index (χ1v) is 7.31. The molecule has 0 aliphatic carbocycles. The Balaban J connectivity index is 2.01. The van der Waals surface area contributed by atoms with Crippen molar-refractivity contribution in [2.45, 2.75) is 12.8 Å². The zero-order valence-electron chi connectivity index (χ0n) is 11.0. The van der Waals surface area contributed by atoms with E-state index in [1.165, 1.54) is 6.08 Å². The Hall–Kier alpha value is -1.62. The second kappa shape index (κ2) is 6.70. The van der Waals surface area contributed by atoms with Gasteiger partial charge in [0.05, 0.1) is 5.92 Å². The van der Waals surface area contributed by atoms with Crippen molar-refractivity contribution in [1.82, 2.24) is 4.90 Å². The Morgan fingerprint density at radius 2 is 2.10 bits per heavy atom. The molecule has 1 aromatic rings. The number of carboxylic acids is 1. The van der Waals surface area contributed by atoms with Crippen LogP contribution in [0.15, 0.2) is 34.8 Å². The van der Waals surface area contributed by atoms with Crippen molar-refractivity contribution in [2.75, 3.05) is 13.1 Å². The van der Waals surface area contributed by atoms with Crippen LogP contribution in [0.4, 0.5) is 0 Å². The van der Waals surface area contributed by atoms with Gasteiger partial charge >= 0.3 is 5.97 Å². The first-order chi connectivity index (χ1) is 9.58. The highest BCUT2D eigenvalue weighted by Gasteiger charge is 2.27. The zero-order valence-corrected chi connectivity index (χ0v) is 12.5. The number of carboxylic acid groups (broad SMARTS) is 1. The summed E-state index contributed by atoms with van der Waals surface area (Å²) in [5, 5.41) is 9.02. The van der Waals surface area contributed by atoms with Crippen molar-refractivity contribution in [2.24, 2.45) is 5.92 Å². The van der Waals surface area contributed by atoms with Gasteiger partial charge in [-0.3, -0.25) is 9.59 Å². The van der Waals surface area contributed by atoms with Crippen LogP contribution < -0.4 is 0 Å². The summed E-state index contributed by atoms with van der Waals surface area (Å²) < 4.78 is 0.922. The Kier molecular flexibility index (Phi) is 4.95. The van der Waals surface area contributed by atoms with Crippen LogP contribution >= 0.6 is 15.9 Å². The second-order valence-electron chi connectivity index (χ2n) is 4.82. The van der Waals surface area contributed by atoms with Gasteiger partial charge in [-0.2, -0.15) is 0 Å². The number of hydrogen-bond donors (Lipinski definition) is 1. The molecule has 0 saturated carbocycles. The standard InChI is InChI=1S/C15H16BrNO3/c16-13-6-2-1-4-11(13)7-8-14(18)17-9-3-5-12(10-17)15(19)20/h1-2,4,6-8,12H,3,5,9-10H2,(H,19,20)/b8-7+. The lowest BCUT2D eigenvalue weighted by Crippen LogP contribution is -2.41. The molecule has 1 atom stereocenters. The molecule has 1 aliphatic heterocycles. The molecule has 5 heteroatoms. The van der Waals surface area contributed by atoms with E-state index in [4.69, 9.17) is 5.11 Å². The fourth-order valence-electron chi connectivity index (χ4n) is 2.26. The third-order valence-electron chi connectivity index (χ3n) is 3.39. The number of piperidine rings is 1. The molecular formula is C15H16BrNO3. The highest BCUT2D eigenvalue weighted by Crippen LogP contribution is 2.19. The molecule has 2 rings (SSSR count). The van der Waals surface area contributed by atoms with Gasteiger partial charge in [0.2, 0.25) is 5.91 Å². The maximum absolute atomic E-state index is 12.1. The van der Waals surface area contributed by atoms with Gasteiger partial charge in [-0.25, -0.2) is 0 Å². The van der Waals surface area contributed by atoms with Crippen molar-refractivity contribution >= 4 is 33.9 Å². The van der Waals surface area contributed by atoms with Gasteiger partial charge in [-0.05, 0) is 30.5 Å². The average Bonchev–Trinajstić information content (AvgIpc) is 2.46. The number of nitrogens with zero attached hydrogens (tertiary/aromatic N) is 1.